The molecule has 2 aromatic heterocycles. The van der Waals surface area contributed by atoms with Gasteiger partial charge >= 0.3 is 0 Å². The molecule has 0 radical (unpaired) electrons. The lowest BCUT2D eigenvalue weighted by atomic mass is 10.3. The van der Waals surface area contributed by atoms with E-state index >= 15 is 0 Å². The number of nitrogens with two attached hydrogens (primary N) is 1. The van der Waals surface area contributed by atoms with E-state index in [4.69, 9.17) is 10.6 Å². The molecular formula is C15H15FN4OS2. The molecule has 0 atom stereocenters. The summed E-state index contributed by atoms with van der Waals surface area (Å²) in [4.78, 5) is 0.992. The van der Waals surface area contributed by atoms with E-state index in [2.05, 4.69) is 10.2 Å². The second-order valence-electron chi connectivity index (χ2n) is 4.66. The summed E-state index contributed by atoms with van der Waals surface area (Å²) in [5, 5.41) is 10.9. The molecule has 5 nitrogen and oxygen atoms in total. The average molecular weight is 350 g/mol. The van der Waals surface area contributed by atoms with Crippen LogP contribution in [0.15, 0.2) is 46.9 Å². The van der Waals surface area contributed by atoms with Crippen LogP contribution in [0, 0.1) is 5.82 Å². The number of halogens is 1. The number of rotatable bonds is 7. The first-order chi connectivity index (χ1) is 11.2. The lowest BCUT2D eigenvalue weighted by Crippen LogP contribution is -2.11. The summed E-state index contributed by atoms with van der Waals surface area (Å²) in [6.45, 7) is 0.551. The van der Waals surface area contributed by atoms with Crippen molar-refractivity contribution in [2.24, 2.45) is 0 Å². The van der Waals surface area contributed by atoms with Crippen LogP contribution in [0.25, 0.3) is 10.7 Å². The summed E-state index contributed by atoms with van der Waals surface area (Å²) >= 11 is 3.11. The van der Waals surface area contributed by atoms with Crippen LogP contribution in [0.4, 0.5) is 4.39 Å². The van der Waals surface area contributed by atoms with Crippen molar-refractivity contribution in [1.82, 2.24) is 14.9 Å². The van der Waals surface area contributed by atoms with Crippen LogP contribution in [-0.2, 0) is 0 Å². The maximum atomic E-state index is 12.8. The molecule has 0 fully saturated rings. The van der Waals surface area contributed by atoms with Crippen molar-refractivity contribution in [2.75, 3.05) is 18.2 Å². The quantitative estimate of drug-likeness (QED) is 0.402. The van der Waals surface area contributed by atoms with E-state index in [-0.39, 0.29) is 5.82 Å². The monoisotopic (exact) mass is 350 g/mol. The van der Waals surface area contributed by atoms with E-state index in [0.29, 0.717) is 23.3 Å². The molecule has 0 amide bonds. The SMILES string of the molecule is Nn1c(SCCCOc2ccc(F)cc2)nnc1-c1cccs1. The van der Waals surface area contributed by atoms with Crippen molar-refractivity contribution in [3.05, 3.63) is 47.6 Å². The van der Waals surface area contributed by atoms with Gasteiger partial charge in [0.2, 0.25) is 5.16 Å². The minimum absolute atomic E-state index is 0.267. The number of hydrogen-bond donors (Lipinski definition) is 1. The molecule has 120 valence electrons. The predicted octanol–water partition coefficient (Wildman–Crippen LogP) is 3.42. The number of nitrogens with zero attached hydrogens (tertiary/aromatic N) is 3. The Bertz CT molecular complexity index is 743. The van der Waals surface area contributed by atoms with E-state index in [1.807, 2.05) is 17.5 Å². The molecule has 0 spiro atoms. The largest absolute Gasteiger partial charge is 0.494 e. The molecule has 3 rings (SSSR count). The number of nitrogen functional groups attached to an aromatic ring is 1. The van der Waals surface area contributed by atoms with Gasteiger partial charge in [-0.2, -0.15) is 0 Å². The zero-order chi connectivity index (χ0) is 16.1. The summed E-state index contributed by atoms with van der Waals surface area (Å²) in [6, 6.07) is 9.91. The fraction of sp³-hybridized carbons (Fsp3) is 0.200. The van der Waals surface area contributed by atoms with E-state index in [0.717, 1.165) is 17.1 Å². The van der Waals surface area contributed by atoms with Crippen LogP contribution in [0.5, 0.6) is 5.75 Å². The van der Waals surface area contributed by atoms with Crippen molar-refractivity contribution >= 4 is 23.1 Å². The Morgan fingerprint density at radius 3 is 2.78 bits per heavy atom. The fourth-order valence-electron chi connectivity index (χ4n) is 1.89. The van der Waals surface area contributed by atoms with Gasteiger partial charge in [0, 0.05) is 5.75 Å². The predicted molar refractivity (Wildman–Crippen MR) is 90.7 cm³/mol. The standard InChI is InChI=1S/C15H15FN4OS2/c16-11-4-6-12(7-5-11)21-8-2-10-23-15-19-18-14(20(15)17)13-3-1-9-22-13/h1,3-7,9H,2,8,10,17H2. The Balaban J connectivity index is 1.45. The minimum atomic E-state index is -0.267. The molecule has 2 heterocycles. The van der Waals surface area contributed by atoms with Crippen LogP contribution in [0.1, 0.15) is 6.42 Å². The van der Waals surface area contributed by atoms with Gasteiger partial charge in [-0.3, -0.25) is 0 Å². The van der Waals surface area contributed by atoms with Gasteiger partial charge < -0.3 is 10.6 Å². The molecule has 0 aliphatic carbocycles. The fourth-order valence-corrected chi connectivity index (χ4v) is 3.37. The number of benzene rings is 1. The Hall–Kier alpha value is -2.06. The number of hydrogen-bond acceptors (Lipinski definition) is 6. The Morgan fingerprint density at radius 1 is 1.22 bits per heavy atom. The third kappa shape index (κ3) is 4.02. The number of aromatic nitrogens is 3. The minimum Gasteiger partial charge on any atom is -0.494 e. The summed E-state index contributed by atoms with van der Waals surface area (Å²) in [5.74, 6) is 7.90. The van der Waals surface area contributed by atoms with Crippen LogP contribution >= 0.6 is 23.1 Å². The van der Waals surface area contributed by atoms with E-state index in [1.54, 1.807) is 23.5 Å². The van der Waals surface area contributed by atoms with E-state index in [9.17, 15) is 4.39 Å². The van der Waals surface area contributed by atoms with Crippen molar-refractivity contribution in [2.45, 2.75) is 11.6 Å². The summed E-state index contributed by atoms with van der Waals surface area (Å²) in [6.07, 6.45) is 0.823. The molecule has 0 unspecified atom stereocenters. The molecule has 8 heteroatoms. The summed E-state index contributed by atoms with van der Waals surface area (Å²) in [5.41, 5.74) is 0. The number of ether oxygens (including phenoxy) is 1. The zero-order valence-electron chi connectivity index (χ0n) is 12.2. The van der Waals surface area contributed by atoms with Gasteiger partial charge in [0.15, 0.2) is 5.82 Å². The molecule has 0 saturated carbocycles. The first kappa shape index (κ1) is 15.8. The first-order valence-electron chi connectivity index (χ1n) is 6.99. The van der Waals surface area contributed by atoms with Gasteiger partial charge in [-0.15, -0.1) is 21.5 Å². The van der Waals surface area contributed by atoms with Crippen molar-refractivity contribution in [1.29, 1.82) is 0 Å². The molecule has 23 heavy (non-hydrogen) atoms. The van der Waals surface area contributed by atoms with Gasteiger partial charge in [0.05, 0.1) is 11.5 Å². The highest BCUT2D eigenvalue weighted by Gasteiger charge is 2.12. The van der Waals surface area contributed by atoms with Gasteiger partial charge in [-0.25, -0.2) is 9.07 Å². The van der Waals surface area contributed by atoms with Crippen LogP contribution in [0.2, 0.25) is 0 Å². The molecule has 0 saturated heterocycles. The Kier molecular flexibility index (Phi) is 5.14. The highest BCUT2D eigenvalue weighted by molar-refractivity contribution is 7.99. The first-order valence-corrected chi connectivity index (χ1v) is 8.86. The van der Waals surface area contributed by atoms with E-state index < -0.39 is 0 Å². The van der Waals surface area contributed by atoms with Crippen LogP contribution in [-0.4, -0.2) is 27.2 Å². The second-order valence-corrected chi connectivity index (χ2v) is 6.67. The Morgan fingerprint density at radius 2 is 2.04 bits per heavy atom. The average Bonchev–Trinajstić information content (AvgIpc) is 3.19. The molecular weight excluding hydrogens is 335 g/mol. The van der Waals surface area contributed by atoms with Gasteiger partial charge in [-0.1, -0.05) is 17.8 Å². The van der Waals surface area contributed by atoms with Crippen molar-refractivity contribution < 1.29 is 9.13 Å². The highest BCUT2D eigenvalue weighted by Crippen LogP contribution is 2.25. The smallest absolute Gasteiger partial charge is 0.210 e. The molecule has 1 aromatic carbocycles. The third-order valence-corrected chi connectivity index (χ3v) is 4.90. The Labute approximate surface area is 141 Å². The zero-order valence-corrected chi connectivity index (χ0v) is 13.8. The summed E-state index contributed by atoms with van der Waals surface area (Å²) in [7, 11) is 0. The van der Waals surface area contributed by atoms with Crippen LogP contribution in [0.3, 0.4) is 0 Å². The van der Waals surface area contributed by atoms with Crippen molar-refractivity contribution in [3.63, 3.8) is 0 Å². The maximum absolute atomic E-state index is 12.8. The van der Waals surface area contributed by atoms with Crippen LogP contribution < -0.4 is 10.6 Å². The topological polar surface area (TPSA) is 66.0 Å². The normalized spacial score (nSPS) is 10.8. The molecule has 2 N–H and O–H groups in total. The second kappa shape index (κ2) is 7.47. The molecule has 0 bridgehead atoms. The van der Waals surface area contributed by atoms with Crippen molar-refractivity contribution in [3.8, 4) is 16.5 Å². The molecule has 0 aliphatic rings. The highest BCUT2D eigenvalue weighted by atomic mass is 32.2. The van der Waals surface area contributed by atoms with Gasteiger partial charge in [-0.05, 0) is 42.1 Å². The molecule has 3 aromatic rings. The molecule has 0 aliphatic heterocycles. The lowest BCUT2D eigenvalue weighted by Gasteiger charge is -2.06. The van der Waals surface area contributed by atoms with Gasteiger partial charge in [0.25, 0.3) is 0 Å². The number of thiophene rings is 1. The summed E-state index contributed by atoms with van der Waals surface area (Å²) < 4.78 is 19.8. The maximum Gasteiger partial charge on any atom is 0.210 e. The number of thioether (sulfide) groups is 1. The lowest BCUT2D eigenvalue weighted by molar-refractivity contribution is 0.318. The van der Waals surface area contributed by atoms with Gasteiger partial charge in [0.1, 0.15) is 11.6 Å². The third-order valence-electron chi connectivity index (χ3n) is 3.01. The van der Waals surface area contributed by atoms with E-state index in [1.165, 1.54) is 28.6 Å².